The minimum absolute atomic E-state index is 0.205. The molecule has 0 atom stereocenters. The van der Waals surface area contributed by atoms with Crippen LogP contribution < -0.4 is 4.90 Å². The average Bonchev–Trinajstić information content (AvgIpc) is 2.44. The summed E-state index contributed by atoms with van der Waals surface area (Å²) in [7, 11) is 0. The van der Waals surface area contributed by atoms with E-state index in [0.29, 0.717) is 17.1 Å². The van der Waals surface area contributed by atoms with E-state index in [4.69, 9.17) is 11.6 Å². The van der Waals surface area contributed by atoms with Crippen LogP contribution in [0.3, 0.4) is 0 Å². The van der Waals surface area contributed by atoms with Gasteiger partial charge in [0, 0.05) is 23.3 Å². The highest BCUT2D eigenvalue weighted by Gasteiger charge is 2.14. The molecule has 0 aromatic heterocycles. The Kier molecular flexibility index (Phi) is 4.16. The summed E-state index contributed by atoms with van der Waals surface area (Å²) in [5.41, 5.74) is 3.21. The van der Waals surface area contributed by atoms with Gasteiger partial charge in [0.05, 0.1) is 11.3 Å². The number of anilines is 2. The number of hydrogen-bond donors (Lipinski definition) is 1. The molecule has 2 aromatic rings. The molecule has 0 heterocycles. The van der Waals surface area contributed by atoms with Crippen LogP contribution in [0.15, 0.2) is 36.4 Å². The molecule has 0 saturated carbocycles. The normalized spacial score (nSPS) is 10.1. The number of halogens is 1. The second-order valence-corrected chi connectivity index (χ2v) is 4.92. The van der Waals surface area contributed by atoms with Gasteiger partial charge in [0.25, 0.3) is 0 Å². The number of aryl methyl sites for hydroxylation is 1. The van der Waals surface area contributed by atoms with Crippen molar-refractivity contribution in [2.75, 3.05) is 11.4 Å². The number of phenolic OH excluding ortho intramolecular Hbond substituents is 1. The van der Waals surface area contributed by atoms with E-state index in [-0.39, 0.29) is 5.75 Å². The van der Waals surface area contributed by atoms with Gasteiger partial charge in [-0.05, 0) is 43.7 Å². The first-order valence-electron chi connectivity index (χ1n) is 6.33. The highest BCUT2D eigenvalue weighted by molar-refractivity contribution is 6.30. The molecule has 2 aromatic carbocycles. The van der Waals surface area contributed by atoms with Crippen LogP contribution in [-0.4, -0.2) is 11.7 Å². The van der Waals surface area contributed by atoms with Crippen molar-refractivity contribution in [3.63, 3.8) is 0 Å². The molecule has 102 valence electrons. The molecule has 1 N–H and O–H groups in total. The standard InChI is InChI=1S/C16H15ClN2O/c1-3-19(16-9-14(20)6-4-11(16)2)15-7-5-13(17)8-12(15)10-18/h4-9,20H,3H2,1-2H3. The van der Waals surface area contributed by atoms with Gasteiger partial charge in [-0.25, -0.2) is 0 Å². The van der Waals surface area contributed by atoms with Crippen molar-refractivity contribution in [1.82, 2.24) is 0 Å². The predicted octanol–water partition coefficient (Wildman–Crippen LogP) is 4.38. The first-order chi connectivity index (χ1) is 9.56. The number of rotatable bonds is 3. The molecule has 20 heavy (non-hydrogen) atoms. The third-order valence-electron chi connectivity index (χ3n) is 3.17. The zero-order valence-corrected chi connectivity index (χ0v) is 12.1. The van der Waals surface area contributed by atoms with Gasteiger partial charge in [0.1, 0.15) is 11.8 Å². The minimum Gasteiger partial charge on any atom is -0.508 e. The highest BCUT2D eigenvalue weighted by atomic mass is 35.5. The molecule has 4 heteroatoms. The molecular weight excluding hydrogens is 272 g/mol. The molecule has 0 aliphatic rings. The van der Waals surface area contributed by atoms with Crippen LogP contribution in [0.25, 0.3) is 0 Å². The zero-order chi connectivity index (χ0) is 14.7. The molecule has 0 amide bonds. The summed E-state index contributed by atoms with van der Waals surface area (Å²) in [6, 6.07) is 12.6. The van der Waals surface area contributed by atoms with Crippen molar-refractivity contribution in [2.24, 2.45) is 0 Å². The van der Waals surface area contributed by atoms with E-state index in [1.165, 1.54) is 0 Å². The smallest absolute Gasteiger partial charge is 0.117 e. The summed E-state index contributed by atoms with van der Waals surface area (Å²) in [5, 5.41) is 19.5. The summed E-state index contributed by atoms with van der Waals surface area (Å²) < 4.78 is 0. The number of phenols is 1. The van der Waals surface area contributed by atoms with Crippen molar-refractivity contribution >= 4 is 23.0 Å². The third kappa shape index (κ3) is 2.71. The van der Waals surface area contributed by atoms with Gasteiger partial charge in [0.15, 0.2) is 0 Å². The van der Waals surface area contributed by atoms with Crippen LogP contribution in [0.5, 0.6) is 5.75 Å². The van der Waals surface area contributed by atoms with Crippen molar-refractivity contribution in [1.29, 1.82) is 5.26 Å². The van der Waals surface area contributed by atoms with Gasteiger partial charge in [-0.2, -0.15) is 5.26 Å². The van der Waals surface area contributed by atoms with Gasteiger partial charge in [-0.1, -0.05) is 17.7 Å². The lowest BCUT2D eigenvalue weighted by atomic mass is 10.1. The van der Waals surface area contributed by atoms with Gasteiger partial charge < -0.3 is 10.0 Å². The maximum atomic E-state index is 9.69. The van der Waals surface area contributed by atoms with Crippen molar-refractivity contribution in [2.45, 2.75) is 13.8 Å². The molecule has 0 bridgehead atoms. The quantitative estimate of drug-likeness (QED) is 0.910. The van der Waals surface area contributed by atoms with Crippen LogP contribution in [0.2, 0.25) is 5.02 Å². The van der Waals surface area contributed by atoms with E-state index in [2.05, 4.69) is 6.07 Å². The third-order valence-corrected chi connectivity index (χ3v) is 3.40. The van der Waals surface area contributed by atoms with Crippen molar-refractivity contribution in [3.05, 3.63) is 52.5 Å². The van der Waals surface area contributed by atoms with E-state index in [1.54, 1.807) is 24.3 Å². The van der Waals surface area contributed by atoms with E-state index in [0.717, 1.165) is 16.9 Å². The summed E-state index contributed by atoms with van der Waals surface area (Å²) in [5.74, 6) is 0.205. The molecule has 0 aliphatic heterocycles. The van der Waals surface area contributed by atoms with Crippen LogP contribution in [-0.2, 0) is 0 Å². The molecule has 0 radical (unpaired) electrons. The first-order valence-corrected chi connectivity index (χ1v) is 6.71. The lowest BCUT2D eigenvalue weighted by Crippen LogP contribution is -2.18. The maximum absolute atomic E-state index is 9.69. The van der Waals surface area contributed by atoms with Crippen molar-refractivity contribution < 1.29 is 5.11 Å². The number of nitriles is 1. The van der Waals surface area contributed by atoms with Gasteiger partial charge in [0.2, 0.25) is 0 Å². The number of hydrogen-bond acceptors (Lipinski definition) is 3. The van der Waals surface area contributed by atoms with E-state index >= 15 is 0 Å². The number of aromatic hydroxyl groups is 1. The Morgan fingerprint density at radius 2 is 1.95 bits per heavy atom. The summed E-state index contributed by atoms with van der Waals surface area (Å²) >= 11 is 5.94. The Bertz CT molecular complexity index is 677. The van der Waals surface area contributed by atoms with E-state index in [1.807, 2.05) is 30.9 Å². The average molecular weight is 287 g/mol. The lowest BCUT2D eigenvalue weighted by Gasteiger charge is -2.26. The van der Waals surface area contributed by atoms with Crippen molar-refractivity contribution in [3.8, 4) is 11.8 Å². The maximum Gasteiger partial charge on any atom is 0.117 e. The van der Waals surface area contributed by atoms with Gasteiger partial charge >= 0.3 is 0 Å². The second-order valence-electron chi connectivity index (χ2n) is 4.49. The summed E-state index contributed by atoms with van der Waals surface area (Å²) in [6.45, 7) is 4.65. The van der Waals surface area contributed by atoms with Crippen LogP contribution in [0.4, 0.5) is 11.4 Å². The monoisotopic (exact) mass is 286 g/mol. The Morgan fingerprint density at radius 3 is 2.60 bits per heavy atom. The molecule has 0 saturated heterocycles. The topological polar surface area (TPSA) is 47.3 Å². The Morgan fingerprint density at radius 1 is 1.20 bits per heavy atom. The van der Waals surface area contributed by atoms with E-state index in [9.17, 15) is 10.4 Å². The minimum atomic E-state index is 0.205. The zero-order valence-electron chi connectivity index (χ0n) is 11.4. The van der Waals surface area contributed by atoms with Gasteiger partial charge in [-0.3, -0.25) is 0 Å². The molecule has 2 rings (SSSR count). The molecule has 3 nitrogen and oxygen atoms in total. The first kappa shape index (κ1) is 14.2. The second kappa shape index (κ2) is 5.85. The Balaban J connectivity index is 2.59. The van der Waals surface area contributed by atoms with Crippen LogP contribution >= 0.6 is 11.6 Å². The van der Waals surface area contributed by atoms with Crippen LogP contribution in [0.1, 0.15) is 18.1 Å². The molecule has 0 unspecified atom stereocenters. The molecule has 0 fully saturated rings. The predicted molar refractivity (Wildman–Crippen MR) is 81.7 cm³/mol. The number of benzene rings is 2. The van der Waals surface area contributed by atoms with Gasteiger partial charge in [-0.15, -0.1) is 0 Å². The fraction of sp³-hybridized carbons (Fsp3) is 0.188. The summed E-state index contributed by atoms with van der Waals surface area (Å²) in [4.78, 5) is 1.99. The Labute approximate surface area is 123 Å². The fourth-order valence-corrected chi connectivity index (χ4v) is 2.36. The number of nitrogens with zero attached hydrogens (tertiary/aromatic N) is 2. The molecular formula is C16H15ClN2O. The largest absolute Gasteiger partial charge is 0.508 e. The summed E-state index contributed by atoms with van der Waals surface area (Å²) in [6.07, 6.45) is 0. The molecule has 0 aliphatic carbocycles. The SMILES string of the molecule is CCN(c1cc(O)ccc1C)c1ccc(Cl)cc1C#N. The lowest BCUT2D eigenvalue weighted by molar-refractivity contribution is 0.475. The fourth-order valence-electron chi connectivity index (χ4n) is 2.19. The molecule has 0 spiro atoms. The highest BCUT2D eigenvalue weighted by Crippen LogP contribution is 2.33. The Hall–Kier alpha value is -2.18. The van der Waals surface area contributed by atoms with E-state index < -0.39 is 0 Å². The van der Waals surface area contributed by atoms with Crippen LogP contribution in [0, 0.1) is 18.3 Å².